The number of hydrogen-bond acceptors (Lipinski definition) is 8. The molecule has 6 rings (SSSR count). The van der Waals surface area contributed by atoms with Crippen LogP contribution < -0.4 is 5.32 Å². The van der Waals surface area contributed by atoms with Gasteiger partial charge in [-0.2, -0.15) is 0 Å². The minimum atomic E-state index is 0.0353. The van der Waals surface area contributed by atoms with Crippen LogP contribution in [0.25, 0.3) is 0 Å². The second kappa shape index (κ2) is 12.0. The van der Waals surface area contributed by atoms with Crippen molar-refractivity contribution in [3.63, 3.8) is 0 Å². The van der Waals surface area contributed by atoms with E-state index in [-0.39, 0.29) is 11.3 Å². The van der Waals surface area contributed by atoms with Crippen LogP contribution in [0.1, 0.15) is 79.4 Å². The summed E-state index contributed by atoms with van der Waals surface area (Å²) in [4.78, 5) is 25.8. The number of benzene rings is 1. The second-order valence-electron chi connectivity index (χ2n) is 12.8. The zero-order chi connectivity index (χ0) is 28.6. The third-order valence-electron chi connectivity index (χ3n) is 10.3. The number of phenols is 1. The first-order chi connectivity index (χ1) is 19.9. The first kappa shape index (κ1) is 28.6. The van der Waals surface area contributed by atoms with Crippen LogP contribution in [0.3, 0.4) is 0 Å². The number of hydrogen-bond donors (Lipinski definition) is 2. The maximum absolute atomic E-state index is 12.7. The average Bonchev–Trinajstić information content (AvgIpc) is 3.49. The number of amides is 1. The summed E-state index contributed by atoms with van der Waals surface area (Å²) in [7, 11) is 1.66. The first-order valence-electron chi connectivity index (χ1n) is 15.3. The van der Waals surface area contributed by atoms with E-state index >= 15 is 0 Å². The summed E-state index contributed by atoms with van der Waals surface area (Å²) < 4.78 is 5.54. The van der Waals surface area contributed by atoms with Crippen LogP contribution in [0.2, 0.25) is 0 Å². The van der Waals surface area contributed by atoms with Gasteiger partial charge in [0.1, 0.15) is 12.9 Å². The van der Waals surface area contributed by atoms with Gasteiger partial charge in [0.25, 0.3) is 0 Å². The minimum absolute atomic E-state index is 0.0353. The Hall–Kier alpha value is -2.49. The van der Waals surface area contributed by atoms with Crippen molar-refractivity contribution in [3.05, 3.63) is 39.9 Å². The van der Waals surface area contributed by atoms with E-state index in [4.69, 9.17) is 9.57 Å². The molecular weight excluding hydrogens is 536 g/mol. The largest absolute Gasteiger partial charge is 0.508 e. The highest BCUT2D eigenvalue weighted by atomic mass is 32.1. The number of aromatic nitrogens is 1. The Bertz CT molecular complexity index is 1290. The number of carbonyl (C=O) groups is 1. The molecule has 1 aliphatic heterocycles. The number of morpholine rings is 1. The van der Waals surface area contributed by atoms with Gasteiger partial charge >= 0.3 is 0 Å². The first-order valence-corrected chi connectivity index (χ1v) is 16.1. The molecule has 5 atom stereocenters. The number of phenolic OH excluding ortho intramolecular Hbond substituents is 1. The Labute approximate surface area is 247 Å². The smallest absolute Gasteiger partial charge is 0.226 e. The van der Waals surface area contributed by atoms with Crippen LogP contribution in [0.5, 0.6) is 5.75 Å². The molecule has 2 saturated carbocycles. The molecule has 0 bridgehead atoms. The number of nitrogens with one attached hydrogen (secondary N) is 1. The summed E-state index contributed by atoms with van der Waals surface area (Å²) in [6.07, 6.45) is 9.52. The van der Waals surface area contributed by atoms with Crippen LogP contribution >= 0.6 is 11.3 Å². The zero-order valence-corrected chi connectivity index (χ0v) is 25.5. The van der Waals surface area contributed by atoms with E-state index in [1.807, 2.05) is 6.92 Å². The van der Waals surface area contributed by atoms with Gasteiger partial charge in [-0.25, -0.2) is 4.98 Å². The molecule has 41 heavy (non-hydrogen) atoms. The normalized spacial score (nSPS) is 30.5. The third kappa shape index (κ3) is 5.77. The van der Waals surface area contributed by atoms with Gasteiger partial charge in [-0.1, -0.05) is 18.1 Å². The molecule has 3 fully saturated rings. The Morgan fingerprint density at radius 3 is 2.90 bits per heavy atom. The molecular formula is C32H44N4O4S. The summed E-state index contributed by atoms with van der Waals surface area (Å²) in [5.41, 5.74) is 5.07. The quantitative estimate of drug-likeness (QED) is 0.379. The van der Waals surface area contributed by atoms with Crippen LogP contribution in [0, 0.1) is 30.1 Å². The van der Waals surface area contributed by atoms with Crippen molar-refractivity contribution in [2.24, 2.45) is 28.3 Å². The molecule has 1 saturated heterocycles. The summed E-state index contributed by atoms with van der Waals surface area (Å²) in [6.45, 7) is 8.53. The monoisotopic (exact) mass is 580 g/mol. The van der Waals surface area contributed by atoms with Crippen LogP contribution in [0.15, 0.2) is 23.5 Å². The molecule has 1 aromatic heterocycles. The van der Waals surface area contributed by atoms with Gasteiger partial charge in [-0.3, -0.25) is 9.69 Å². The fraction of sp³-hybridized carbons (Fsp3) is 0.656. The maximum atomic E-state index is 12.7. The van der Waals surface area contributed by atoms with E-state index in [2.05, 4.69) is 39.4 Å². The third-order valence-corrected chi connectivity index (χ3v) is 11.2. The van der Waals surface area contributed by atoms with Crippen LogP contribution in [-0.2, 0) is 27.3 Å². The molecule has 222 valence electrons. The van der Waals surface area contributed by atoms with Gasteiger partial charge < -0.3 is 20.0 Å². The van der Waals surface area contributed by atoms with Crippen molar-refractivity contribution in [2.45, 2.75) is 77.7 Å². The summed E-state index contributed by atoms with van der Waals surface area (Å²) in [5, 5.41) is 19.2. The zero-order valence-electron chi connectivity index (χ0n) is 24.7. The fourth-order valence-corrected chi connectivity index (χ4v) is 9.18. The summed E-state index contributed by atoms with van der Waals surface area (Å²) >= 11 is 1.52. The van der Waals surface area contributed by atoms with Gasteiger partial charge in [0.15, 0.2) is 5.13 Å². The van der Waals surface area contributed by atoms with E-state index in [0.717, 1.165) is 88.2 Å². The van der Waals surface area contributed by atoms with E-state index in [0.29, 0.717) is 41.0 Å². The number of rotatable bonds is 8. The van der Waals surface area contributed by atoms with Crippen molar-refractivity contribution in [3.8, 4) is 5.75 Å². The summed E-state index contributed by atoms with van der Waals surface area (Å²) in [5.74, 6) is 2.57. The SMILES string of the molecule is CO/N=C1\C[C@@H](CCCC(=O)Nc2ncc(C)s2)C2C3CCc4cc(O)c(CN5CCOCC5)cc4C3CC[C@]12C. The standard InChI is InChI=1S/C32H44N4O4S/c1-20-18-33-31(41-20)34-29(38)6-4-5-22-17-28(35-39-3)32(2)10-9-24-25(30(22)32)8-7-21-16-27(37)23(15-26(21)24)19-36-11-13-40-14-12-36/h15-16,18,22,24-25,30,37H,4-14,17,19H2,1-3H3,(H,33,34,38)/b35-28+/t22-,24?,25?,30?,32-/m1/s1. The highest BCUT2D eigenvalue weighted by Crippen LogP contribution is 2.62. The fourth-order valence-electron chi connectivity index (χ4n) is 8.50. The van der Waals surface area contributed by atoms with Crippen molar-refractivity contribution >= 4 is 28.1 Å². The van der Waals surface area contributed by atoms with Crippen molar-refractivity contribution in [1.82, 2.24) is 9.88 Å². The number of ether oxygens (including phenoxy) is 1. The molecule has 0 spiro atoms. The Morgan fingerprint density at radius 2 is 2.15 bits per heavy atom. The number of aryl methyl sites for hydroxylation is 2. The van der Waals surface area contributed by atoms with Gasteiger partial charge in [0, 0.05) is 48.1 Å². The number of anilines is 1. The molecule has 2 aromatic rings. The number of aromatic hydroxyl groups is 1. The molecule has 2 N–H and O–H groups in total. The number of thiazole rings is 1. The average molecular weight is 581 g/mol. The van der Waals surface area contributed by atoms with Crippen LogP contribution in [0.4, 0.5) is 5.13 Å². The topological polar surface area (TPSA) is 96.3 Å². The lowest BCUT2D eigenvalue weighted by atomic mass is 9.53. The van der Waals surface area contributed by atoms with Crippen molar-refractivity contribution in [1.29, 1.82) is 0 Å². The van der Waals surface area contributed by atoms with Gasteiger partial charge in [-0.15, -0.1) is 11.3 Å². The lowest BCUT2D eigenvalue weighted by molar-refractivity contribution is -0.116. The highest BCUT2D eigenvalue weighted by Gasteiger charge is 2.57. The molecule has 1 aromatic carbocycles. The number of carbonyl (C=O) groups excluding carboxylic acids is 1. The Balaban J connectivity index is 1.19. The Kier molecular flexibility index (Phi) is 8.39. The molecule has 3 aliphatic carbocycles. The van der Waals surface area contributed by atoms with Crippen molar-refractivity contribution < 1.29 is 19.5 Å². The molecule has 1 amide bonds. The molecule has 4 aliphatic rings. The lowest BCUT2D eigenvalue weighted by Crippen LogP contribution is -2.44. The van der Waals surface area contributed by atoms with E-state index in [1.54, 1.807) is 13.3 Å². The van der Waals surface area contributed by atoms with E-state index in [9.17, 15) is 9.90 Å². The predicted molar refractivity (Wildman–Crippen MR) is 161 cm³/mol. The molecule has 0 radical (unpaired) electrons. The predicted octanol–water partition coefficient (Wildman–Crippen LogP) is 5.88. The van der Waals surface area contributed by atoms with Crippen molar-refractivity contribution in [2.75, 3.05) is 38.7 Å². The van der Waals surface area contributed by atoms with Gasteiger partial charge in [0.2, 0.25) is 5.91 Å². The molecule has 2 heterocycles. The molecule has 3 unspecified atom stereocenters. The van der Waals surface area contributed by atoms with E-state index in [1.165, 1.54) is 28.2 Å². The van der Waals surface area contributed by atoms with Gasteiger partial charge in [-0.05, 0) is 92.7 Å². The Morgan fingerprint density at radius 1 is 1.32 bits per heavy atom. The van der Waals surface area contributed by atoms with Gasteiger partial charge in [0.05, 0.1) is 18.9 Å². The number of nitrogens with zero attached hydrogens (tertiary/aromatic N) is 3. The lowest BCUT2D eigenvalue weighted by Gasteiger charge is -2.50. The number of fused-ring (bicyclic) bond motifs is 5. The molecule has 8 nitrogen and oxygen atoms in total. The van der Waals surface area contributed by atoms with Crippen LogP contribution in [-0.4, -0.2) is 60.0 Å². The summed E-state index contributed by atoms with van der Waals surface area (Å²) in [6, 6.07) is 4.39. The van der Waals surface area contributed by atoms with E-state index < -0.39 is 0 Å². The highest BCUT2D eigenvalue weighted by molar-refractivity contribution is 7.15. The molecule has 9 heteroatoms. The maximum Gasteiger partial charge on any atom is 0.226 e. The second-order valence-corrected chi connectivity index (χ2v) is 14.0. The number of oxime groups is 1. The minimum Gasteiger partial charge on any atom is -0.508 e.